The van der Waals surface area contributed by atoms with Crippen molar-refractivity contribution >= 4 is 46.1 Å². The van der Waals surface area contributed by atoms with Crippen LogP contribution in [0.1, 0.15) is 5.56 Å². The van der Waals surface area contributed by atoms with Gasteiger partial charge in [0.05, 0.1) is 11.3 Å². The highest BCUT2D eigenvalue weighted by Crippen LogP contribution is 2.38. The minimum absolute atomic E-state index is 0.0459. The first-order chi connectivity index (χ1) is 15.4. The third kappa shape index (κ3) is 3.73. The second-order valence-electron chi connectivity index (χ2n) is 7.35. The lowest BCUT2D eigenvalue weighted by Gasteiger charge is -2.27. The van der Waals surface area contributed by atoms with Crippen molar-refractivity contribution in [3.05, 3.63) is 52.7 Å². The largest absolute Gasteiger partial charge is 0.417 e. The third-order valence-electron chi connectivity index (χ3n) is 5.34. The second kappa shape index (κ2) is 7.87. The molecule has 13 heteroatoms. The number of nitrogens with one attached hydrogen (secondary N) is 1. The average Bonchev–Trinajstić information content (AvgIpc) is 3.32. The van der Waals surface area contributed by atoms with Gasteiger partial charge in [0.25, 0.3) is 5.91 Å². The average molecular weight is 488 g/mol. The van der Waals surface area contributed by atoms with E-state index in [2.05, 4.69) is 10.3 Å². The smallest absolute Gasteiger partial charge is 0.335 e. The minimum atomic E-state index is -4.75. The normalized spacial score (nSPS) is 16.4. The van der Waals surface area contributed by atoms with E-state index in [-0.39, 0.29) is 23.3 Å². The first-order valence-corrected chi connectivity index (χ1v) is 9.81. The molecular weight excluding hydrogens is 473 g/mol. The van der Waals surface area contributed by atoms with Crippen LogP contribution in [0.2, 0.25) is 5.02 Å². The van der Waals surface area contributed by atoms with Crippen LogP contribution in [0.3, 0.4) is 0 Å². The van der Waals surface area contributed by atoms with Crippen LogP contribution in [0.4, 0.5) is 38.3 Å². The zero-order valence-electron chi connectivity index (χ0n) is 17.0. The molecule has 0 saturated carbocycles. The van der Waals surface area contributed by atoms with Crippen molar-refractivity contribution in [3.63, 3.8) is 0 Å². The number of nitrogens with zero attached hydrogens (tertiary/aromatic N) is 4. The van der Waals surface area contributed by atoms with Gasteiger partial charge < -0.3 is 14.8 Å². The van der Waals surface area contributed by atoms with Gasteiger partial charge in [0.1, 0.15) is 28.3 Å². The number of pyridine rings is 1. The molecule has 1 aliphatic rings. The van der Waals surface area contributed by atoms with Crippen molar-refractivity contribution in [2.24, 2.45) is 7.05 Å². The molecule has 1 unspecified atom stereocenters. The molecular formula is C20H15ClF5N5O2. The Morgan fingerprint density at radius 2 is 1.97 bits per heavy atom. The van der Waals surface area contributed by atoms with Crippen LogP contribution in [0, 0.1) is 11.6 Å². The number of fused-ring (bicyclic) bond motifs is 1. The highest BCUT2D eigenvalue weighted by Gasteiger charge is 2.42. The summed E-state index contributed by atoms with van der Waals surface area (Å²) in [5, 5.41) is 1.39. The minimum Gasteiger partial charge on any atom is -0.335 e. The number of benzene rings is 1. The second-order valence-corrected chi connectivity index (χ2v) is 7.73. The van der Waals surface area contributed by atoms with Gasteiger partial charge >= 0.3 is 12.2 Å². The van der Waals surface area contributed by atoms with Crippen LogP contribution in [0.15, 0.2) is 30.5 Å². The summed E-state index contributed by atoms with van der Waals surface area (Å²) in [4.78, 5) is 31.4. The van der Waals surface area contributed by atoms with Crippen molar-refractivity contribution in [3.8, 4) is 0 Å². The van der Waals surface area contributed by atoms with Gasteiger partial charge in [-0.3, -0.25) is 9.69 Å². The summed E-state index contributed by atoms with van der Waals surface area (Å²) in [6.45, 7) is -0.271. The summed E-state index contributed by atoms with van der Waals surface area (Å²) in [5.41, 5.74) is -1.44. The van der Waals surface area contributed by atoms with Crippen LogP contribution in [0.5, 0.6) is 0 Å². The molecule has 1 aliphatic heterocycles. The highest BCUT2D eigenvalue weighted by atomic mass is 35.5. The molecule has 0 bridgehead atoms. The summed E-state index contributed by atoms with van der Waals surface area (Å²) in [7, 11) is 2.66. The Bertz CT molecular complexity index is 1290. The van der Waals surface area contributed by atoms with E-state index in [4.69, 9.17) is 11.6 Å². The fourth-order valence-corrected chi connectivity index (χ4v) is 3.82. The van der Waals surface area contributed by atoms with Gasteiger partial charge in [-0.25, -0.2) is 18.6 Å². The SMILES string of the molecule is CN(C(=O)C1CNC(=O)N1c1cc(C(F)(F)F)c2ccn(C)c2n1)c1ccc(F)c(Cl)c1F. The lowest BCUT2D eigenvalue weighted by Crippen LogP contribution is -2.47. The zero-order chi connectivity index (χ0) is 24.2. The molecule has 33 heavy (non-hydrogen) atoms. The van der Waals surface area contributed by atoms with Gasteiger partial charge in [-0.15, -0.1) is 0 Å². The predicted octanol–water partition coefficient (Wildman–Crippen LogP) is 4.08. The van der Waals surface area contributed by atoms with Crippen LogP contribution >= 0.6 is 11.6 Å². The fourth-order valence-electron chi connectivity index (χ4n) is 3.66. The lowest BCUT2D eigenvalue weighted by atomic mass is 10.1. The molecule has 1 fully saturated rings. The van der Waals surface area contributed by atoms with Crippen molar-refractivity contribution in [2.75, 3.05) is 23.4 Å². The zero-order valence-corrected chi connectivity index (χ0v) is 17.8. The van der Waals surface area contributed by atoms with E-state index in [0.29, 0.717) is 6.07 Å². The van der Waals surface area contributed by atoms with E-state index in [1.54, 1.807) is 0 Å². The number of hydrogen-bond donors (Lipinski definition) is 1. The van der Waals surface area contributed by atoms with Gasteiger partial charge in [0.2, 0.25) is 0 Å². The van der Waals surface area contributed by atoms with E-state index in [1.807, 2.05) is 0 Å². The quantitative estimate of drug-likeness (QED) is 0.447. The van der Waals surface area contributed by atoms with E-state index in [9.17, 15) is 31.5 Å². The Hall–Kier alpha value is -3.41. The van der Waals surface area contributed by atoms with Gasteiger partial charge in [-0.2, -0.15) is 13.2 Å². The van der Waals surface area contributed by atoms with Crippen molar-refractivity contribution in [1.29, 1.82) is 0 Å². The molecule has 0 spiro atoms. The molecule has 1 N–H and O–H groups in total. The van der Waals surface area contributed by atoms with Crippen molar-refractivity contribution in [1.82, 2.24) is 14.9 Å². The summed E-state index contributed by atoms with van der Waals surface area (Å²) in [6.07, 6.45) is -3.37. The first kappa shape index (κ1) is 22.8. The monoisotopic (exact) mass is 487 g/mol. The number of amides is 3. The Morgan fingerprint density at radius 3 is 2.64 bits per heavy atom. The van der Waals surface area contributed by atoms with Crippen LogP contribution in [0.25, 0.3) is 11.0 Å². The summed E-state index contributed by atoms with van der Waals surface area (Å²) < 4.78 is 70.3. The molecule has 0 radical (unpaired) electrons. The molecule has 4 rings (SSSR count). The van der Waals surface area contributed by atoms with E-state index in [0.717, 1.165) is 21.9 Å². The van der Waals surface area contributed by atoms with Crippen molar-refractivity contribution < 1.29 is 31.5 Å². The maximum Gasteiger partial charge on any atom is 0.417 e. The first-order valence-electron chi connectivity index (χ1n) is 9.43. The van der Waals surface area contributed by atoms with Crippen LogP contribution in [-0.4, -0.2) is 41.1 Å². The predicted molar refractivity (Wildman–Crippen MR) is 110 cm³/mol. The molecule has 7 nitrogen and oxygen atoms in total. The van der Waals surface area contributed by atoms with Gasteiger partial charge in [0.15, 0.2) is 5.82 Å². The van der Waals surface area contributed by atoms with Crippen molar-refractivity contribution in [2.45, 2.75) is 12.2 Å². The number of rotatable bonds is 3. The molecule has 3 aromatic rings. The maximum atomic E-state index is 14.4. The number of likely N-dealkylation sites (N-methyl/N-ethyl adjacent to an activating group) is 1. The summed E-state index contributed by atoms with van der Waals surface area (Å²) in [6, 6.07) is 1.57. The number of aromatic nitrogens is 2. The molecule has 3 amide bonds. The highest BCUT2D eigenvalue weighted by molar-refractivity contribution is 6.31. The van der Waals surface area contributed by atoms with E-state index < -0.39 is 52.2 Å². The molecule has 3 heterocycles. The molecule has 1 saturated heterocycles. The number of carbonyl (C=O) groups is 2. The third-order valence-corrected chi connectivity index (χ3v) is 5.69. The number of alkyl halides is 3. The molecule has 2 aromatic heterocycles. The number of hydrogen-bond acceptors (Lipinski definition) is 3. The Morgan fingerprint density at radius 1 is 1.27 bits per heavy atom. The van der Waals surface area contributed by atoms with Gasteiger partial charge in [-0.1, -0.05) is 11.6 Å². The summed E-state index contributed by atoms with van der Waals surface area (Å²) in [5.74, 6) is -3.48. The number of anilines is 2. The number of carbonyl (C=O) groups excluding carboxylic acids is 2. The molecule has 174 valence electrons. The Kier molecular flexibility index (Phi) is 5.43. The summed E-state index contributed by atoms with van der Waals surface area (Å²) >= 11 is 5.57. The Balaban J connectivity index is 1.78. The van der Waals surface area contributed by atoms with Crippen LogP contribution in [-0.2, 0) is 18.0 Å². The Labute approximate surface area is 188 Å². The number of urea groups is 1. The van der Waals surface area contributed by atoms with Gasteiger partial charge in [0, 0.05) is 32.2 Å². The molecule has 1 atom stereocenters. The molecule has 1 aromatic carbocycles. The standard InChI is InChI=1S/C20H15ClF5N5O2/c1-29-6-5-9-10(20(24,25)26)7-14(28-17(9)29)31-13(8-27-19(31)33)18(32)30(2)12-4-3-11(22)15(21)16(12)23/h3-7,13H,8H2,1-2H3,(H,27,33). The van der Waals surface area contributed by atoms with Crippen LogP contribution < -0.4 is 15.1 Å². The number of aryl methyl sites for hydroxylation is 1. The van der Waals surface area contributed by atoms with Gasteiger partial charge in [-0.05, 0) is 24.3 Å². The number of halogens is 6. The topological polar surface area (TPSA) is 70.5 Å². The molecule has 0 aliphatic carbocycles. The maximum absolute atomic E-state index is 14.4. The van der Waals surface area contributed by atoms with E-state index in [1.165, 1.54) is 30.9 Å². The van der Waals surface area contributed by atoms with E-state index >= 15 is 0 Å². The fraction of sp³-hybridized carbons (Fsp3) is 0.250. The lowest BCUT2D eigenvalue weighted by molar-refractivity contribution is -0.136.